The zero-order chi connectivity index (χ0) is 16.7. The number of fused-ring (bicyclic) bond motifs is 1. The zero-order valence-electron chi connectivity index (χ0n) is 13.8. The molecule has 0 aliphatic carbocycles. The molecule has 24 heavy (non-hydrogen) atoms. The molecule has 0 unspecified atom stereocenters. The predicted octanol–water partition coefficient (Wildman–Crippen LogP) is 2.79. The first kappa shape index (κ1) is 15.0. The van der Waals surface area contributed by atoms with Gasteiger partial charge in [-0.2, -0.15) is 0 Å². The number of aromatic nitrogens is 2. The number of ether oxygens (including phenoxy) is 1. The van der Waals surface area contributed by atoms with Gasteiger partial charge in [0.05, 0.1) is 31.7 Å². The molecule has 4 rings (SSSR count). The summed E-state index contributed by atoms with van der Waals surface area (Å²) in [5.74, 6) is 1.92. The molecule has 0 aromatic carbocycles. The molecule has 6 nitrogen and oxygen atoms in total. The van der Waals surface area contributed by atoms with Gasteiger partial charge in [-0.1, -0.05) is 0 Å². The Morgan fingerprint density at radius 3 is 3.08 bits per heavy atom. The van der Waals surface area contributed by atoms with Gasteiger partial charge in [-0.25, -0.2) is 14.4 Å². The molecule has 1 atom stereocenters. The van der Waals surface area contributed by atoms with E-state index in [1.165, 1.54) is 12.3 Å². The molecule has 0 spiro atoms. The molecular weight excluding hydrogens is 309 g/mol. The van der Waals surface area contributed by atoms with Gasteiger partial charge < -0.3 is 19.9 Å². The van der Waals surface area contributed by atoms with E-state index < -0.39 is 0 Å². The van der Waals surface area contributed by atoms with Crippen LogP contribution in [0.4, 0.5) is 21.7 Å². The van der Waals surface area contributed by atoms with E-state index in [9.17, 15) is 4.39 Å². The number of anilines is 3. The largest absolute Gasteiger partial charge is 0.481 e. The second-order valence-electron chi connectivity index (χ2n) is 6.17. The Morgan fingerprint density at radius 1 is 1.38 bits per heavy atom. The van der Waals surface area contributed by atoms with Gasteiger partial charge in [0.2, 0.25) is 5.88 Å². The molecule has 0 amide bonds. The summed E-state index contributed by atoms with van der Waals surface area (Å²) in [5.41, 5.74) is 1.88. The van der Waals surface area contributed by atoms with E-state index in [2.05, 4.69) is 26.2 Å². The van der Waals surface area contributed by atoms with Gasteiger partial charge in [0, 0.05) is 19.2 Å². The summed E-state index contributed by atoms with van der Waals surface area (Å²) in [6.07, 6.45) is 3.14. The summed E-state index contributed by atoms with van der Waals surface area (Å²) in [6.45, 7) is 1.64. The van der Waals surface area contributed by atoms with Crippen LogP contribution < -0.4 is 19.9 Å². The molecule has 126 valence electrons. The highest BCUT2D eigenvalue weighted by Crippen LogP contribution is 2.40. The average Bonchev–Trinajstić information content (AvgIpc) is 3.22. The maximum absolute atomic E-state index is 13.7. The first-order chi connectivity index (χ1) is 11.7. The Bertz CT molecular complexity index is 769. The summed E-state index contributed by atoms with van der Waals surface area (Å²) in [4.78, 5) is 13.2. The normalized spacial score (nSPS) is 19.4. The molecule has 1 saturated heterocycles. The van der Waals surface area contributed by atoms with Gasteiger partial charge in [0.15, 0.2) is 5.82 Å². The van der Waals surface area contributed by atoms with Gasteiger partial charge in [-0.05, 0) is 31.0 Å². The standard InChI is InChI=1S/C17H20FN5O/c1-22-10-20-16-14(22)5-6-15(21-16)23-7-3-4-13(23)12-8-11(18)9-19-17(12)24-2/h5-6,8-9,13H,3-4,7,10H2,1-2H3,(H,20,21)/t13-/m1/s1. The third-order valence-corrected chi connectivity index (χ3v) is 4.70. The van der Waals surface area contributed by atoms with Crippen molar-refractivity contribution in [1.82, 2.24) is 9.97 Å². The van der Waals surface area contributed by atoms with Gasteiger partial charge in [0.1, 0.15) is 11.6 Å². The van der Waals surface area contributed by atoms with E-state index in [0.29, 0.717) is 5.88 Å². The smallest absolute Gasteiger partial charge is 0.218 e. The highest BCUT2D eigenvalue weighted by atomic mass is 19.1. The van der Waals surface area contributed by atoms with E-state index in [1.807, 2.05) is 13.1 Å². The Hall–Kier alpha value is -2.57. The van der Waals surface area contributed by atoms with Crippen LogP contribution in [-0.2, 0) is 0 Å². The summed E-state index contributed by atoms with van der Waals surface area (Å²) in [6, 6.07) is 5.65. The molecule has 2 aliphatic rings. The lowest BCUT2D eigenvalue weighted by Crippen LogP contribution is -2.24. The number of rotatable bonds is 3. The fourth-order valence-electron chi connectivity index (χ4n) is 3.53. The number of halogens is 1. The molecule has 2 aliphatic heterocycles. The Kier molecular flexibility index (Phi) is 3.63. The van der Waals surface area contributed by atoms with Crippen LogP contribution >= 0.6 is 0 Å². The van der Waals surface area contributed by atoms with Gasteiger partial charge in [0.25, 0.3) is 0 Å². The Morgan fingerprint density at radius 2 is 2.25 bits per heavy atom. The molecule has 1 fully saturated rings. The minimum absolute atomic E-state index is 0.0211. The molecule has 0 bridgehead atoms. The monoisotopic (exact) mass is 329 g/mol. The quantitative estimate of drug-likeness (QED) is 0.934. The number of nitrogens with one attached hydrogen (secondary N) is 1. The van der Waals surface area contributed by atoms with Crippen molar-refractivity contribution in [3.05, 3.63) is 35.8 Å². The first-order valence-electron chi connectivity index (χ1n) is 8.09. The van der Waals surface area contributed by atoms with Crippen LogP contribution in [0.2, 0.25) is 0 Å². The minimum Gasteiger partial charge on any atom is -0.481 e. The van der Waals surface area contributed by atoms with Crippen LogP contribution in [-0.4, -0.2) is 37.3 Å². The second kappa shape index (κ2) is 5.81. The Labute approximate surface area is 140 Å². The minimum atomic E-state index is -0.345. The molecule has 1 N–H and O–H groups in total. The lowest BCUT2D eigenvalue weighted by Gasteiger charge is -2.27. The number of nitrogens with zero attached hydrogens (tertiary/aromatic N) is 4. The summed E-state index contributed by atoms with van der Waals surface area (Å²) < 4.78 is 19.1. The number of methoxy groups -OCH3 is 1. The second-order valence-corrected chi connectivity index (χ2v) is 6.17. The molecule has 2 aromatic rings. The maximum Gasteiger partial charge on any atom is 0.218 e. The van der Waals surface area contributed by atoms with Crippen LogP contribution in [0.15, 0.2) is 24.4 Å². The number of hydrogen-bond donors (Lipinski definition) is 1. The van der Waals surface area contributed by atoms with Crippen molar-refractivity contribution in [2.45, 2.75) is 18.9 Å². The first-order valence-corrected chi connectivity index (χ1v) is 8.09. The van der Waals surface area contributed by atoms with E-state index in [4.69, 9.17) is 9.72 Å². The molecule has 7 heteroatoms. The van der Waals surface area contributed by atoms with Crippen molar-refractivity contribution in [2.24, 2.45) is 0 Å². The molecule has 4 heterocycles. The predicted molar refractivity (Wildman–Crippen MR) is 91.2 cm³/mol. The van der Waals surface area contributed by atoms with Crippen molar-refractivity contribution in [2.75, 3.05) is 42.5 Å². The van der Waals surface area contributed by atoms with E-state index >= 15 is 0 Å². The van der Waals surface area contributed by atoms with Gasteiger partial charge in [-0.3, -0.25) is 0 Å². The van der Waals surface area contributed by atoms with Crippen LogP contribution in [0.1, 0.15) is 24.4 Å². The van der Waals surface area contributed by atoms with Crippen molar-refractivity contribution in [3.8, 4) is 5.88 Å². The van der Waals surface area contributed by atoms with Crippen molar-refractivity contribution >= 4 is 17.3 Å². The maximum atomic E-state index is 13.7. The van der Waals surface area contributed by atoms with Crippen molar-refractivity contribution in [3.63, 3.8) is 0 Å². The average molecular weight is 329 g/mol. The van der Waals surface area contributed by atoms with Crippen LogP contribution in [0.5, 0.6) is 5.88 Å². The Balaban J connectivity index is 1.70. The number of hydrogen-bond acceptors (Lipinski definition) is 6. The van der Waals surface area contributed by atoms with Crippen LogP contribution in [0.3, 0.4) is 0 Å². The zero-order valence-corrected chi connectivity index (χ0v) is 13.8. The van der Waals surface area contributed by atoms with Crippen LogP contribution in [0.25, 0.3) is 0 Å². The SMILES string of the molecule is COc1ncc(F)cc1[C@H]1CCCN1c1ccc2c(n1)NCN2C. The molecular formula is C17H20FN5O. The topological polar surface area (TPSA) is 53.5 Å². The lowest BCUT2D eigenvalue weighted by atomic mass is 10.1. The van der Waals surface area contributed by atoms with Crippen LogP contribution in [0, 0.1) is 5.82 Å². The summed E-state index contributed by atoms with van der Waals surface area (Å²) >= 11 is 0. The number of pyridine rings is 2. The van der Waals surface area contributed by atoms with Crippen molar-refractivity contribution in [1.29, 1.82) is 0 Å². The fraction of sp³-hybridized carbons (Fsp3) is 0.412. The van der Waals surface area contributed by atoms with E-state index in [0.717, 1.165) is 48.9 Å². The third kappa shape index (κ3) is 2.40. The lowest BCUT2D eigenvalue weighted by molar-refractivity contribution is 0.385. The van der Waals surface area contributed by atoms with E-state index in [-0.39, 0.29) is 11.9 Å². The summed E-state index contributed by atoms with van der Waals surface area (Å²) in [5, 5.41) is 3.29. The van der Waals surface area contributed by atoms with Crippen molar-refractivity contribution < 1.29 is 9.13 Å². The molecule has 0 radical (unpaired) electrons. The highest BCUT2D eigenvalue weighted by Gasteiger charge is 2.31. The summed E-state index contributed by atoms with van der Waals surface area (Å²) in [7, 11) is 3.60. The fourth-order valence-corrected chi connectivity index (χ4v) is 3.53. The molecule has 2 aromatic heterocycles. The molecule has 0 saturated carbocycles. The highest BCUT2D eigenvalue weighted by molar-refractivity contribution is 5.73. The van der Waals surface area contributed by atoms with Gasteiger partial charge in [-0.15, -0.1) is 0 Å². The third-order valence-electron chi connectivity index (χ3n) is 4.70. The van der Waals surface area contributed by atoms with E-state index in [1.54, 1.807) is 7.11 Å². The van der Waals surface area contributed by atoms with Gasteiger partial charge >= 0.3 is 0 Å².